The molecular formula is C13H22N4O3. The van der Waals surface area contributed by atoms with Crippen LogP contribution in [0.1, 0.15) is 26.2 Å². The first-order chi connectivity index (χ1) is 9.41. The third-order valence-electron chi connectivity index (χ3n) is 4.00. The number of nitrogens with zero attached hydrogens (tertiary/aromatic N) is 3. The summed E-state index contributed by atoms with van der Waals surface area (Å²) in [7, 11) is 1.55. The van der Waals surface area contributed by atoms with Crippen molar-refractivity contribution in [3.05, 3.63) is 0 Å². The Kier molecular flexibility index (Phi) is 4.27. The van der Waals surface area contributed by atoms with Gasteiger partial charge in [0.05, 0.1) is 0 Å². The topological polar surface area (TPSA) is 86.9 Å². The molecule has 112 valence electrons. The predicted molar refractivity (Wildman–Crippen MR) is 72.7 cm³/mol. The monoisotopic (exact) mass is 282 g/mol. The summed E-state index contributed by atoms with van der Waals surface area (Å²) in [6.45, 7) is 2.40. The van der Waals surface area contributed by atoms with Gasteiger partial charge in [0, 0.05) is 25.7 Å². The van der Waals surface area contributed by atoms with E-state index in [0.29, 0.717) is 6.54 Å². The van der Waals surface area contributed by atoms with Crippen LogP contribution in [-0.2, 0) is 9.59 Å². The highest BCUT2D eigenvalue weighted by Crippen LogP contribution is 2.20. The van der Waals surface area contributed by atoms with E-state index in [4.69, 9.17) is 5.73 Å². The molecule has 0 radical (unpaired) electrons. The molecule has 2 N–H and O–H groups in total. The number of imide groups is 1. The van der Waals surface area contributed by atoms with Crippen molar-refractivity contribution < 1.29 is 14.4 Å². The minimum atomic E-state index is -0.405. The van der Waals surface area contributed by atoms with Crippen LogP contribution >= 0.6 is 0 Å². The Labute approximate surface area is 118 Å². The lowest BCUT2D eigenvalue weighted by molar-refractivity contribution is -0.139. The molecule has 2 atom stereocenters. The lowest BCUT2D eigenvalue weighted by Crippen LogP contribution is -2.54. The van der Waals surface area contributed by atoms with Crippen molar-refractivity contribution in [2.45, 2.75) is 38.3 Å². The number of nitrogens with two attached hydrogens (primary N) is 1. The van der Waals surface area contributed by atoms with Gasteiger partial charge in [-0.25, -0.2) is 4.79 Å². The van der Waals surface area contributed by atoms with E-state index in [-0.39, 0.29) is 37.0 Å². The SMILES string of the molecule is CC(N)C1CCCCN1C(=O)CN1C(=O)CN(C)C1=O. The number of carbonyl (C=O) groups excluding carboxylic acids is 3. The van der Waals surface area contributed by atoms with Crippen LogP contribution in [0, 0.1) is 0 Å². The molecule has 0 aliphatic carbocycles. The molecule has 2 aliphatic heterocycles. The average molecular weight is 282 g/mol. The van der Waals surface area contributed by atoms with E-state index in [9.17, 15) is 14.4 Å². The molecule has 0 bridgehead atoms. The maximum Gasteiger partial charge on any atom is 0.327 e. The van der Waals surface area contributed by atoms with Crippen LogP contribution in [0.4, 0.5) is 4.79 Å². The van der Waals surface area contributed by atoms with Gasteiger partial charge in [-0.1, -0.05) is 0 Å². The summed E-state index contributed by atoms with van der Waals surface area (Å²) in [5.41, 5.74) is 5.93. The summed E-state index contributed by atoms with van der Waals surface area (Å²) in [6, 6.07) is -0.508. The summed E-state index contributed by atoms with van der Waals surface area (Å²) in [4.78, 5) is 39.9. The Bertz CT molecular complexity index is 424. The molecule has 2 fully saturated rings. The largest absolute Gasteiger partial charge is 0.337 e. The van der Waals surface area contributed by atoms with E-state index in [2.05, 4.69) is 0 Å². The second-order valence-corrected chi connectivity index (χ2v) is 5.63. The summed E-state index contributed by atoms with van der Waals surface area (Å²) < 4.78 is 0. The van der Waals surface area contributed by atoms with Crippen LogP contribution in [0.5, 0.6) is 0 Å². The first-order valence-corrected chi connectivity index (χ1v) is 7.02. The van der Waals surface area contributed by atoms with Crippen LogP contribution in [0.15, 0.2) is 0 Å². The number of hydrogen-bond donors (Lipinski definition) is 1. The highest BCUT2D eigenvalue weighted by molar-refractivity contribution is 6.04. The minimum absolute atomic E-state index is 0.00165. The Morgan fingerprint density at radius 1 is 1.40 bits per heavy atom. The van der Waals surface area contributed by atoms with E-state index < -0.39 is 6.03 Å². The molecule has 7 heteroatoms. The zero-order chi connectivity index (χ0) is 14.9. The van der Waals surface area contributed by atoms with Crippen molar-refractivity contribution in [2.24, 2.45) is 5.73 Å². The van der Waals surface area contributed by atoms with E-state index in [1.807, 2.05) is 6.92 Å². The van der Waals surface area contributed by atoms with Crippen molar-refractivity contribution in [1.29, 1.82) is 0 Å². The number of urea groups is 1. The predicted octanol–water partition coefficient (Wildman–Crippen LogP) is -0.391. The highest BCUT2D eigenvalue weighted by atomic mass is 16.2. The fourth-order valence-corrected chi connectivity index (χ4v) is 2.86. The van der Waals surface area contributed by atoms with Crippen molar-refractivity contribution >= 4 is 17.8 Å². The van der Waals surface area contributed by atoms with Crippen LogP contribution in [-0.4, -0.2) is 71.3 Å². The molecule has 2 heterocycles. The summed E-state index contributed by atoms with van der Waals surface area (Å²) in [5, 5.41) is 0. The molecule has 2 aliphatic rings. The Morgan fingerprint density at radius 2 is 2.10 bits per heavy atom. The lowest BCUT2D eigenvalue weighted by Gasteiger charge is -2.38. The third kappa shape index (κ3) is 2.77. The van der Waals surface area contributed by atoms with Crippen molar-refractivity contribution in [3.63, 3.8) is 0 Å². The minimum Gasteiger partial charge on any atom is -0.337 e. The third-order valence-corrected chi connectivity index (χ3v) is 4.00. The van der Waals surface area contributed by atoms with Crippen molar-refractivity contribution in [1.82, 2.24) is 14.7 Å². The zero-order valence-corrected chi connectivity index (χ0v) is 12.0. The summed E-state index contributed by atoms with van der Waals surface area (Å²) in [6.07, 6.45) is 2.88. The van der Waals surface area contributed by atoms with Gasteiger partial charge >= 0.3 is 6.03 Å². The van der Waals surface area contributed by atoms with E-state index in [1.165, 1.54) is 4.90 Å². The molecule has 20 heavy (non-hydrogen) atoms. The van der Waals surface area contributed by atoms with Crippen molar-refractivity contribution in [2.75, 3.05) is 26.7 Å². The van der Waals surface area contributed by atoms with Crippen molar-refractivity contribution in [3.8, 4) is 0 Å². The zero-order valence-electron chi connectivity index (χ0n) is 12.0. The highest BCUT2D eigenvalue weighted by Gasteiger charge is 2.37. The number of hydrogen-bond acceptors (Lipinski definition) is 4. The first kappa shape index (κ1) is 14.8. The molecule has 0 aromatic heterocycles. The van der Waals surface area contributed by atoms with Gasteiger partial charge in [0.15, 0.2) is 0 Å². The van der Waals surface area contributed by atoms with Gasteiger partial charge in [-0.2, -0.15) is 0 Å². The maximum atomic E-state index is 12.4. The molecule has 7 nitrogen and oxygen atoms in total. The van der Waals surface area contributed by atoms with E-state index in [1.54, 1.807) is 11.9 Å². The number of likely N-dealkylation sites (N-methyl/N-ethyl adjacent to an activating group) is 1. The molecule has 0 saturated carbocycles. The second kappa shape index (κ2) is 5.78. The Hall–Kier alpha value is -1.63. The second-order valence-electron chi connectivity index (χ2n) is 5.63. The van der Waals surface area contributed by atoms with Gasteiger partial charge < -0.3 is 15.5 Å². The van der Waals surface area contributed by atoms with Gasteiger partial charge in [-0.05, 0) is 26.2 Å². The first-order valence-electron chi connectivity index (χ1n) is 7.02. The van der Waals surface area contributed by atoms with E-state index in [0.717, 1.165) is 24.2 Å². The van der Waals surface area contributed by atoms with Gasteiger partial charge in [0.2, 0.25) is 5.91 Å². The summed E-state index contributed by atoms with van der Waals surface area (Å²) in [5.74, 6) is -0.510. The normalized spacial score (nSPS) is 25.4. The number of carbonyl (C=O) groups is 3. The molecule has 2 saturated heterocycles. The number of piperidine rings is 1. The fourth-order valence-electron chi connectivity index (χ4n) is 2.86. The molecule has 4 amide bonds. The molecule has 0 aromatic rings. The Morgan fingerprint density at radius 3 is 2.65 bits per heavy atom. The smallest absolute Gasteiger partial charge is 0.327 e. The standard InChI is InChI=1S/C13H22N4O3/c1-9(14)10-5-3-4-6-16(10)12(19)8-17-11(18)7-15(2)13(17)20/h9-10H,3-8,14H2,1-2H3. The lowest BCUT2D eigenvalue weighted by atomic mass is 9.97. The molecular weight excluding hydrogens is 260 g/mol. The average Bonchev–Trinajstić information content (AvgIpc) is 2.65. The van der Waals surface area contributed by atoms with Gasteiger partial charge in [0.25, 0.3) is 5.91 Å². The van der Waals surface area contributed by atoms with E-state index >= 15 is 0 Å². The molecule has 2 unspecified atom stereocenters. The quantitative estimate of drug-likeness (QED) is 0.714. The Balaban J connectivity index is 2.03. The van der Waals surface area contributed by atoms with Gasteiger partial charge in [-0.15, -0.1) is 0 Å². The van der Waals surface area contributed by atoms with Crippen LogP contribution in [0.25, 0.3) is 0 Å². The van der Waals surface area contributed by atoms with Gasteiger partial charge in [-0.3, -0.25) is 14.5 Å². The van der Waals surface area contributed by atoms with Crippen LogP contribution in [0.2, 0.25) is 0 Å². The molecule has 0 aromatic carbocycles. The van der Waals surface area contributed by atoms with Crippen LogP contribution in [0.3, 0.4) is 0 Å². The van der Waals surface area contributed by atoms with Gasteiger partial charge in [0.1, 0.15) is 13.1 Å². The summed E-state index contributed by atoms with van der Waals surface area (Å²) >= 11 is 0. The number of amides is 4. The molecule has 2 rings (SSSR count). The maximum absolute atomic E-state index is 12.4. The fraction of sp³-hybridized carbons (Fsp3) is 0.769. The number of likely N-dealkylation sites (tertiary alicyclic amines) is 1. The van der Waals surface area contributed by atoms with Crippen LogP contribution < -0.4 is 5.73 Å². The number of rotatable bonds is 3. The molecule has 0 spiro atoms.